The lowest BCUT2D eigenvalue weighted by molar-refractivity contribution is 0.103. The lowest BCUT2D eigenvalue weighted by Crippen LogP contribution is -2.04. The molecular weight excluding hydrogens is 323 g/mol. The molecule has 5 heteroatoms. The fourth-order valence-corrected chi connectivity index (χ4v) is 2.51. The van der Waals surface area contributed by atoms with E-state index in [1.54, 1.807) is 6.20 Å². The van der Waals surface area contributed by atoms with E-state index >= 15 is 0 Å². The van der Waals surface area contributed by atoms with Crippen LogP contribution >= 0.6 is 15.9 Å². The SMILES string of the molecule is Nc1ccc(C(=O)c2c[nH]c3cc(Br)ccc23)c(F)c1. The predicted molar refractivity (Wildman–Crippen MR) is 80.2 cm³/mol. The molecule has 20 heavy (non-hydrogen) atoms. The van der Waals surface area contributed by atoms with Crippen molar-refractivity contribution in [1.82, 2.24) is 4.98 Å². The Bertz CT molecular complexity index is 826. The molecule has 100 valence electrons. The number of aromatic amines is 1. The molecular formula is C15H10BrFN2O. The molecule has 0 saturated heterocycles. The molecule has 1 aromatic heterocycles. The van der Waals surface area contributed by atoms with Gasteiger partial charge in [-0.25, -0.2) is 4.39 Å². The van der Waals surface area contributed by atoms with Gasteiger partial charge in [0, 0.05) is 32.8 Å². The Kier molecular flexibility index (Phi) is 3.06. The van der Waals surface area contributed by atoms with Crippen molar-refractivity contribution < 1.29 is 9.18 Å². The van der Waals surface area contributed by atoms with Gasteiger partial charge in [-0.05, 0) is 30.3 Å². The summed E-state index contributed by atoms with van der Waals surface area (Å²) in [5, 5.41) is 0.759. The first-order valence-electron chi connectivity index (χ1n) is 5.92. The summed E-state index contributed by atoms with van der Waals surface area (Å²) < 4.78 is 14.7. The lowest BCUT2D eigenvalue weighted by atomic mass is 10.0. The minimum Gasteiger partial charge on any atom is -0.399 e. The third-order valence-corrected chi connectivity index (χ3v) is 3.62. The number of carbonyl (C=O) groups excluding carboxylic acids is 1. The summed E-state index contributed by atoms with van der Waals surface area (Å²) in [6.07, 6.45) is 1.59. The Labute approximate surface area is 122 Å². The summed E-state index contributed by atoms with van der Waals surface area (Å²) in [6, 6.07) is 9.60. The highest BCUT2D eigenvalue weighted by atomic mass is 79.9. The van der Waals surface area contributed by atoms with Gasteiger partial charge in [-0.3, -0.25) is 4.79 Å². The minimum atomic E-state index is -0.610. The van der Waals surface area contributed by atoms with Crippen molar-refractivity contribution in [2.75, 3.05) is 5.73 Å². The fraction of sp³-hybridized carbons (Fsp3) is 0. The number of rotatable bonds is 2. The first kappa shape index (κ1) is 12.9. The number of hydrogen-bond acceptors (Lipinski definition) is 2. The normalized spacial score (nSPS) is 10.9. The van der Waals surface area contributed by atoms with E-state index in [0.29, 0.717) is 11.3 Å². The van der Waals surface area contributed by atoms with Crippen molar-refractivity contribution in [3.63, 3.8) is 0 Å². The van der Waals surface area contributed by atoms with Gasteiger partial charge in [-0.1, -0.05) is 22.0 Å². The van der Waals surface area contributed by atoms with Gasteiger partial charge in [-0.15, -0.1) is 0 Å². The van der Waals surface area contributed by atoms with Gasteiger partial charge in [0.1, 0.15) is 5.82 Å². The average Bonchev–Trinajstić information content (AvgIpc) is 2.80. The summed E-state index contributed by atoms with van der Waals surface area (Å²) in [6.45, 7) is 0. The first-order valence-corrected chi connectivity index (χ1v) is 6.72. The van der Waals surface area contributed by atoms with Gasteiger partial charge < -0.3 is 10.7 Å². The highest BCUT2D eigenvalue weighted by Gasteiger charge is 2.17. The van der Waals surface area contributed by atoms with Gasteiger partial charge in [0.2, 0.25) is 0 Å². The maximum atomic E-state index is 13.8. The number of anilines is 1. The van der Waals surface area contributed by atoms with E-state index < -0.39 is 5.82 Å². The Morgan fingerprint density at radius 2 is 1.95 bits per heavy atom. The van der Waals surface area contributed by atoms with Gasteiger partial charge >= 0.3 is 0 Å². The summed E-state index contributed by atoms with van der Waals surface area (Å²) in [5.74, 6) is -0.975. The number of halogens is 2. The third-order valence-electron chi connectivity index (χ3n) is 3.13. The average molecular weight is 333 g/mol. The zero-order valence-electron chi connectivity index (χ0n) is 10.3. The van der Waals surface area contributed by atoms with Crippen LogP contribution in [0.2, 0.25) is 0 Å². The molecule has 0 aliphatic rings. The Hall–Kier alpha value is -2.14. The van der Waals surface area contributed by atoms with Gasteiger partial charge in [0.05, 0.1) is 5.56 Å². The van der Waals surface area contributed by atoms with Crippen molar-refractivity contribution in [3.05, 3.63) is 64.0 Å². The highest BCUT2D eigenvalue weighted by Crippen LogP contribution is 2.25. The Balaban J connectivity index is 2.13. The zero-order valence-corrected chi connectivity index (χ0v) is 11.9. The molecule has 0 fully saturated rings. The molecule has 0 aliphatic carbocycles. The summed E-state index contributed by atoms with van der Waals surface area (Å²) in [7, 11) is 0. The highest BCUT2D eigenvalue weighted by molar-refractivity contribution is 9.10. The molecule has 0 spiro atoms. The minimum absolute atomic E-state index is 0.0167. The number of hydrogen-bond donors (Lipinski definition) is 2. The van der Waals surface area contributed by atoms with E-state index in [4.69, 9.17) is 5.73 Å². The van der Waals surface area contributed by atoms with Crippen molar-refractivity contribution >= 4 is 38.3 Å². The zero-order chi connectivity index (χ0) is 14.3. The van der Waals surface area contributed by atoms with Crippen LogP contribution in [0.4, 0.5) is 10.1 Å². The molecule has 0 radical (unpaired) electrons. The molecule has 0 aliphatic heterocycles. The van der Waals surface area contributed by atoms with Crippen molar-refractivity contribution in [3.8, 4) is 0 Å². The van der Waals surface area contributed by atoms with Gasteiger partial charge in [0.15, 0.2) is 5.78 Å². The summed E-state index contributed by atoms with van der Waals surface area (Å²) in [5.41, 5.74) is 7.06. The molecule has 3 rings (SSSR count). The van der Waals surface area contributed by atoms with Crippen LogP contribution < -0.4 is 5.73 Å². The quantitative estimate of drug-likeness (QED) is 0.552. The van der Waals surface area contributed by atoms with Crippen LogP contribution in [-0.4, -0.2) is 10.8 Å². The van der Waals surface area contributed by atoms with Gasteiger partial charge in [0.25, 0.3) is 0 Å². The van der Waals surface area contributed by atoms with Crippen molar-refractivity contribution in [2.24, 2.45) is 0 Å². The number of benzene rings is 2. The summed E-state index contributed by atoms with van der Waals surface area (Å²) >= 11 is 3.36. The Morgan fingerprint density at radius 1 is 1.15 bits per heavy atom. The Morgan fingerprint density at radius 3 is 2.70 bits per heavy atom. The van der Waals surface area contributed by atoms with Crippen molar-refractivity contribution in [2.45, 2.75) is 0 Å². The molecule has 2 aromatic carbocycles. The second-order valence-corrected chi connectivity index (χ2v) is 5.38. The van der Waals surface area contributed by atoms with Gasteiger partial charge in [-0.2, -0.15) is 0 Å². The number of aromatic nitrogens is 1. The van der Waals surface area contributed by atoms with Crippen LogP contribution in [0, 0.1) is 5.82 Å². The van der Waals surface area contributed by atoms with E-state index in [2.05, 4.69) is 20.9 Å². The van der Waals surface area contributed by atoms with E-state index in [1.807, 2.05) is 18.2 Å². The largest absolute Gasteiger partial charge is 0.399 e. The number of nitrogen functional groups attached to an aromatic ring is 1. The van der Waals surface area contributed by atoms with Crippen LogP contribution in [0.5, 0.6) is 0 Å². The maximum absolute atomic E-state index is 13.8. The smallest absolute Gasteiger partial charge is 0.198 e. The predicted octanol–water partition coefficient (Wildman–Crippen LogP) is 3.88. The van der Waals surface area contributed by atoms with E-state index in [0.717, 1.165) is 21.4 Å². The maximum Gasteiger partial charge on any atom is 0.198 e. The molecule has 3 nitrogen and oxygen atoms in total. The molecule has 1 heterocycles. The number of nitrogens with one attached hydrogen (secondary N) is 1. The first-order chi connectivity index (χ1) is 9.56. The topological polar surface area (TPSA) is 58.9 Å². The standard InChI is InChI=1S/C15H10BrFN2O/c16-8-1-3-10-12(7-19-14(10)5-8)15(20)11-4-2-9(18)6-13(11)17/h1-7,19H,18H2. The molecule has 0 unspecified atom stereocenters. The molecule has 0 saturated carbocycles. The van der Waals surface area contributed by atoms with Crippen molar-refractivity contribution in [1.29, 1.82) is 0 Å². The number of H-pyrrole nitrogens is 1. The second-order valence-electron chi connectivity index (χ2n) is 4.46. The second kappa shape index (κ2) is 4.76. The van der Waals surface area contributed by atoms with Crippen LogP contribution in [0.15, 0.2) is 47.1 Å². The van der Waals surface area contributed by atoms with Crippen LogP contribution in [0.1, 0.15) is 15.9 Å². The number of ketones is 1. The van der Waals surface area contributed by atoms with Crippen LogP contribution in [0.3, 0.4) is 0 Å². The van der Waals surface area contributed by atoms with E-state index in [-0.39, 0.29) is 11.3 Å². The summed E-state index contributed by atoms with van der Waals surface area (Å²) in [4.78, 5) is 15.4. The van der Waals surface area contributed by atoms with Crippen LogP contribution in [0.25, 0.3) is 10.9 Å². The third kappa shape index (κ3) is 2.10. The number of nitrogens with two attached hydrogens (primary N) is 1. The lowest BCUT2D eigenvalue weighted by Gasteiger charge is -2.03. The van der Waals surface area contributed by atoms with E-state index in [9.17, 15) is 9.18 Å². The van der Waals surface area contributed by atoms with E-state index in [1.165, 1.54) is 12.1 Å². The monoisotopic (exact) mass is 332 g/mol. The molecule has 3 N–H and O–H groups in total. The molecule has 3 aromatic rings. The molecule has 0 amide bonds. The molecule has 0 atom stereocenters. The number of fused-ring (bicyclic) bond motifs is 1. The fourth-order valence-electron chi connectivity index (χ4n) is 2.15. The van der Waals surface area contributed by atoms with Crippen LogP contribution in [-0.2, 0) is 0 Å². The number of carbonyl (C=O) groups is 1. The molecule has 0 bridgehead atoms.